The van der Waals surface area contributed by atoms with Gasteiger partial charge in [-0.2, -0.15) is 0 Å². The first-order valence-electron chi connectivity index (χ1n) is 6.57. The van der Waals surface area contributed by atoms with Crippen molar-refractivity contribution in [2.75, 3.05) is 0 Å². The standard InChI is InChI=1S/C17H14F2N2/c1-17(20,12-7-13(18)9-14(19)8-12)16-4-2-3-11-5-6-21-10-15(11)16/h2-10H,20H2,1H3. The predicted molar refractivity (Wildman–Crippen MR) is 78.7 cm³/mol. The van der Waals surface area contributed by atoms with Gasteiger partial charge in [-0.1, -0.05) is 18.2 Å². The lowest BCUT2D eigenvalue weighted by Crippen LogP contribution is -2.34. The topological polar surface area (TPSA) is 38.9 Å². The van der Waals surface area contributed by atoms with Gasteiger partial charge in [-0.25, -0.2) is 8.78 Å². The lowest BCUT2D eigenvalue weighted by molar-refractivity contribution is 0.552. The van der Waals surface area contributed by atoms with Crippen LogP contribution in [0.25, 0.3) is 10.8 Å². The van der Waals surface area contributed by atoms with E-state index in [-0.39, 0.29) is 0 Å². The molecule has 3 aromatic rings. The van der Waals surface area contributed by atoms with E-state index >= 15 is 0 Å². The fourth-order valence-electron chi connectivity index (χ4n) is 2.58. The number of halogens is 2. The van der Waals surface area contributed by atoms with E-state index in [1.54, 1.807) is 19.3 Å². The number of aromatic nitrogens is 1. The monoisotopic (exact) mass is 284 g/mol. The number of rotatable bonds is 2. The number of nitrogens with zero attached hydrogens (tertiary/aromatic N) is 1. The second-order valence-electron chi connectivity index (χ2n) is 5.26. The molecule has 2 nitrogen and oxygen atoms in total. The number of pyridine rings is 1. The van der Waals surface area contributed by atoms with Crippen molar-refractivity contribution in [3.63, 3.8) is 0 Å². The summed E-state index contributed by atoms with van der Waals surface area (Å²) in [4.78, 5) is 4.11. The highest BCUT2D eigenvalue weighted by Crippen LogP contribution is 2.32. The van der Waals surface area contributed by atoms with Crippen molar-refractivity contribution in [2.45, 2.75) is 12.5 Å². The summed E-state index contributed by atoms with van der Waals surface area (Å²) < 4.78 is 27.0. The van der Waals surface area contributed by atoms with E-state index in [4.69, 9.17) is 5.73 Å². The van der Waals surface area contributed by atoms with Gasteiger partial charge in [0.05, 0.1) is 5.54 Å². The Kier molecular flexibility index (Phi) is 3.18. The van der Waals surface area contributed by atoms with E-state index in [1.165, 1.54) is 12.1 Å². The Hall–Kier alpha value is -2.33. The molecule has 21 heavy (non-hydrogen) atoms. The molecule has 1 unspecified atom stereocenters. The summed E-state index contributed by atoms with van der Waals surface area (Å²) in [5.74, 6) is -1.28. The first kappa shape index (κ1) is 13.6. The van der Waals surface area contributed by atoms with Crippen LogP contribution in [-0.4, -0.2) is 4.98 Å². The summed E-state index contributed by atoms with van der Waals surface area (Å²) in [6, 6.07) is 10.9. The van der Waals surface area contributed by atoms with E-state index in [2.05, 4.69) is 4.98 Å². The molecule has 0 aliphatic rings. The molecule has 3 rings (SSSR count). The van der Waals surface area contributed by atoms with Gasteiger partial charge in [-0.05, 0) is 41.6 Å². The van der Waals surface area contributed by atoms with Gasteiger partial charge in [0.25, 0.3) is 0 Å². The fourth-order valence-corrected chi connectivity index (χ4v) is 2.58. The van der Waals surface area contributed by atoms with E-state index in [1.807, 2.05) is 24.3 Å². The molecular formula is C17H14F2N2. The maximum atomic E-state index is 13.5. The quantitative estimate of drug-likeness (QED) is 0.778. The molecule has 0 radical (unpaired) electrons. The van der Waals surface area contributed by atoms with Crippen LogP contribution in [0.15, 0.2) is 54.9 Å². The minimum Gasteiger partial charge on any atom is -0.318 e. The highest BCUT2D eigenvalue weighted by atomic mass is 19.1. The zero-order valence-corrected chi connectivity index (χ0v) is 11.5. The number of benzene rings is 2. The molecule has 0 aliphatic heterocycles. The van der Waals surface area contributed by atoms with Crippen LogP contribution in [0.4, 0.5) is 8.78 Å². The molecule has 0 amide bonds. The Morgan fingerprint density at radius 1 is 1.05 bits per heavy atom. The van der Waals surface area contributed by atoms with Crippen molar-refractivity contribution in [3.8, 4) is 0 Å². The van der Waals surface area contributed by atoms with E-state index in [0.717, 1.165) is 22.4 Å². The Morgan fingerprint density at radius 2 is 1.76 bits per heavy atom. The molecule has 0 saturated carbocycles. The van der Waals surface area contributed by atoms with Crippen molar-refractivity contribution in [1.29, 1.82) is 0 Å². The smallest absolute Gasteiger partial charge is 0.126 e. The van der Waals surface area contributed by atoms with Gasteiger partial charge in [0.2, 0.25) is 0 Å². The van der Waals surface area contributed by atoms with Gasteiger partial charge in [0, 0.05) is 23.8 Å². The Bertz CT molecular complexity index is 787. The predicted octanol–water partition coefficient (Wildman–Crippen LogP) is 3.74. The average molecular weight is 284 g/mol. The Balaban J connectivity index is 2.24. The van der Waals surface area contributed by atoms with E-state index < -0.39 is 17.2 Å². The molecule has 2 aromatic carbocycles. The third kappa shape index (κ3) is 2.38. The van der Waals surface area contributed by atoms with Crippen LogP contribution >= 0.6 is 0 Å². The van der Waals surface area contributed by atoms with E-state index in [0.29, 0.717) is 5.56 Å². The SMILES string of the molecule is CC(N)(c1cc(F)cc(F)c1)c1cccc2ccncc12. The summed E-state index contributed by atoms with van der Waals surface area (Å²) in [6.45, 7) is 1.74. The summed E-state index contributed by atoms with van der Waals surface area (Å²) in [7, 11) is 0. The molecular weight excluding hydrogens is 270 g/mol. The largest absolute Gasteiger partial charge is 0.318 e. The molecule has 1 aromatic heterocycles. The lowest BCUT2D eigenvalue weighted by Gasteiger charge is -2.27. The molecule has 106 valence electrons. The maximum absolute atomic E-state index is 13.5. The van der Waals surface area contributed by atoms with Crippen LogP contribution in [0.3, 0.4) is 0 Å². The van der Waals surface area contributed by atoms with Gasteiger partial charge in [-0.15, -0.1) is 0 Å². The number of hydrogen-bond acceptors (Lipinski definition) is 2. The Labute approximate surface area is 121 Å². The molecule has 0 spiro atoms. The van der Waals surface area contributed by atoms with Crippen LogP contribution < -0.4 is 5.73 Å². The lowest BCUT2D eigenvalue weighted by atomic mass is 9.83. The second-order valence-corrected chi connectivity index (χ2v) is 5.26. The highest BCUT2D eigenvalue weighted by Gasteiger charge is 2.26. The number of nitrogens with two attached hydrogens (primary N) is 1. The van der Waals surface area contributed by atoms with Crippen LogP contribution in [0.2, 0.25) is 0 Å². The molecule has 0 bridgehead atoms. The summed E-state index contributed by atoms with van der Waals surface area (Å²) in [5, 5.41) is 1.85. The van der Waals surface area contributed by atoms with Crippen molar-refractivity contribution in [1.82, 2.24) is 4.98 Å². The van der Waals surface area contributed by atoms with Crippen LogP contribution in [0.5, 0.6) is 0 Å². The zero-order valence-electron chi connectivity index (χ0n) is 11.5. The Morgan fingerprint density at radius 3 is 2.48 bits per heavy atom. The van der Waals surface area contributed by atoms with Crippen molar-refractivity contribution in [2.24, 2.45) is 5.73 Å². The second kappa shape index (κ2) is 4.90. The summed E-state index contributed by atoms with van der Waals surface area (Å²) in [5.41, 5.74) is 6.54. The zero-order chi connectivity index (χ0) is 15.0. The van der Waals surface area contributed by atoms with Crippen LogP contribution in [-0.2, 0) is 5.54 Å². The molecule has 1 heterocycles. The summed E-state index contributed by atoms with van der Waals surface area (Å²) >= 11 is 0. The van der Waals surface area contributed by atoms with Gasteiger partial charge >= 0.3 is 0 Å². The number of fused-ring (bicyclic) bond motifs is 1. The number of hydrogen-bond donors (Lipinski definition) is 1. The van der Waals surface area contributed by atoms with Crippen molar-refractivity contribution in [3.05, 3.63) is 77.6 Å². The van der Waals surface area contributed by atoms with Gasteiger partial charge in [-0.3, -0.25) is 4.98 Å². The first-order chi connectivity index (χ1) is 9.98. The van der Waals surface area contributed by atoms with E-state index in [9.17, 15) is 8.78 Å². The van der Waals surface area contributed by atoms with Crippen molar-refractivity contribution >= 4 is 10.8 Å². The summed E-state index contributed by atoms with van der Waals surface area (Å²) in [6.07, 6.45) is 3.41. The first-order valence-corrected chi connectivity index (χ1v) is 6.57. The highest BCUT2D eigenvalue weighted by molar-refractivity contribution is 5.86. The molecule has 0 saturated heterocycles. The van der Waals surface area contributed by atoms with Gasteiger partial charge in [0.1, 0.15) is 11.6 Å². The third-order valence-corrected chi connectivity index (χ3v) is 3.71. The minimum atomic E-state index is -1.02. The van der Waals surface area contributed by atoms with Crippen LogP contribution in [0.1, 0.15) is 18.1 Å². The van der Waals surface area contributed by atoms with Crippen LogP contribution in [0, 0.1) is 11.6 Å². The van der Waals surface area contributed by atoms with Gasteiger partial charge < -0.3 is 5.73 Å². The molecule has 4 heteroatoms. The van der Waals surface area contributed by atoms with Crippen molar-refractivity contribution < 1.29 is 8.78 Å². The molecule has 1 atom stereocenters. The molecule has 0 aliphatic carbocycles. The molecule has 2 N–H and O–H groups in total. The van der Waals surface area contributed by atoms with Gasteiger partial charge in [0.15, 0.2) is 0 Å². The molecule has 0 fully saturated rings. The third-order valence-electron chi connectivity index (χ3n) is 3.71. The normalized spacial score (nSPS) is 14.1. The average Bonchev–Trinajstić information content (AvgIpc) is 2.45. The maximum Gasteiger partial charge on any atom is 0.126 e. The fraction of sp³-hybridized carbons (Fsp3) is 0.118. The minimum absolute atomic E-state index is 0.386.